The zero-order valence-corrected chi connectivity index (χ0v) is 16.6. The third kappa shape index (κ3) is 2.78. The van der Waals surface area contributed by atoms with Crippen molar-refractivity contribution >= 4 is 5.91 Å². The number of carbonyl (C=O) groups excluding carboxylic acids is 1. The van der Waals surface area contributed by atoms with Crippen LogP contribution in [-0.2, 0) is 11.2 Å². The van der Waals surface area contributed by atoms with Crippen molar-refractivity contribution in [2.45, 2.75) is 58.4 Å². The van der Waals surface area contributed by atoms with Crippen molar-refractivity contribution in [3.05, 3.63) is 47.0 Å². The van der Waals surface area contributed by atoms with Crippen LogP contribution in [0.3, 0.4) is 0 Å². The van der Waals surface area contributed by atoms with Crippen molar-refractivity contribution in [3.63, 3.8) is 0 Å². The Balaban J connectivity index is 1.30. The maximum atomic E-state index is 14.2. The summed E-state index contributed by atoms with van der Waals surface area (Å²) in [5.41, 5.74) is 2.96. The molecular formula is C23H28FN3O. The molecule has 1 N–H and O–H groups in total. The highest BCUT2D eigenvalue weighted by atomic mass is 19.1. The second kappa shape index (κ2) is 6.71. The second-order valence-corrected chi connectivity index (χ2v) is 9.02. The first-order valence-corrected chi connectivity index (χ1v) is 10.6. The Labute approximate surface area is 165 Å². The summed E-state index contributed by atoms with van der Waals surface area (Å²) in [7, 11) is 0. The van der Waals surface area contributed by atoms with Gasteiger partial charge in [0.2, 0.25) is 5.91 Å². The van der Waals surface area contributed by atoms with Crippen molar-refractivity contribution in [2.24, 2.45) is 23.7 Å². The second-order valence-electron chi connectivity index (χ2n) is 9.02. The van der Waals surface area contributed by atoms with E-state index < -0.39 is 0 Å². The summed E-state index contributed by atoms with van der Waals surface area (Å²) in [5, 5.41) is 7.84. The third-order valence-electron chi connectivity index (χ3n) is 7.63. The minimum absolute atomic E-state index is 0.0754. The van der Waals surface area contributed by atoms with Crippen LogP contribution >= 0.6 is 0 Å². The number of benzene rings is 1. The molecule has 4 nitrogen and oxygen atoms in total. The smallest absolute Gasteiger partial charge is 0.224 e. The van der Waals surface area contributed by atoms with Crippen LogP contribution in [0.15, 0.2) is 24.3 Å². The number of hydrogen-bond donors (Lipinski definition) is 1. The molecule has 0 saturated heterocycles. The van der Waals surface area contributed by atoms with Crippen LogP contribution in [0.1, 0.15) is 49.1 Å². The van der Waals surface area contributed by atoms with Crippen LogP contribution in [0.4, 0.5) is 4.39 Å². The maximum absolute atomic E-state index is 14.2. The van der Waals surface area contributed by atoms with Crippen molar-refractivity contribution < 1.29 is 9.18 Å². The third-order valence-corrected chi connectivity index (χ3v) is 7.63. The van der Waals surface area contributed by atoms with Gasteiger partial charge in [0.25, 0.3) is 0 Å². The molecule has 3 saturated carbocycles. The number of hydrogen-bond acceptors (Lipinski definition) is 2. The van der Waals surface area contributed by atoms with Gasteiger partial charge >= 0.3 is 0 Å². The number of para-hydroxylation sites is 1. The molecule has 0 aliphatic heterocycles. The number of fused-ring (bicyclic) bond motifs is 5. The Bertz CT molecular complexity index is 921. The Kier molecular flexibility index (Phi) is 4.29. The standard InChI is InChI=1S/C23H28FN3O/c1-13-18(14(2)27(26-13)22-9-4-3-8-20(22)24)12-23(28)25-21-11-15-10-19(21)17-7-5-6-16(15)17/h3-4,8-9,15-17,19,21H,5-7,10-12H2,1-2H3,(H,25,28)/t15-,16+,17-,19-,21-/m1/s1. The van der Waals surface area contributed by atoms with E-state index in [1.54, 1.807) is 22.9 Å². The first-order valence-electron chi connectivity index (χ1n) is 10.6. The van der Waals surface area contributed by atoms with E-state index in [0.717, 1.165) is 41.1 Å². The summed E-state index contributed by atoms with van der Waals surface area (Å²) >= 11 is 0. The summed E-state index contributed by atoms with van der Waals surface area (Å²) in [6, 6.07) is 6.96. The quantitative estimate of drug-likeness (QED) is 0.866. The number of amides is 1. The summed E-state index contributed by atoms with van der Waals surface area (Å²) in [5.74, 6) is 3.06. The summed E-state index contributed by atoms with van der Waals surface area (Å²) in [6.07, 6.45) is 6.91. The number of nitrogens with zero attached hydrogens (tertiary/aromatic N) is 2. The molecule has 5 atom stereocenters. The van der Waals surface area contributed by atoms with E-state index in [2.05, 4.69) is 10.4 Å². The first kappa shape index (κ1) is 17.9. The van der Waals surface area contributed by atoms with Crippen LogP contribution in [0.25, 0.3) is 5.69 Å². The lowest BCUT2D eigenvalue weighted by atomic mass is 9.79. The molecule has 2 bridgehead atoms. The highest BCUT2D eigenvalue weighted by Gasteiger charge is 2.54. The molecule has 1 aromatic heterocycles. The lowest BCUT2D eigenvalue weighted by molar-refractivity contribution is -0.121. The van der Waals surface area contributed by atoms with Gasteiger partial charge in [-0.15, -0.1) is 0 Å². The van der Waals surface area contributed by atoms with Crippen LogP contribution < -0.4 is 5.32 Å². The van der Waals surface area contributed by atoms with E-state index in [0.29, 0.717) is 24.1 Å². The fourth-order valence-electron chi connectivity index (χ4n) is 6.44. The largest absolute Gasteiger partial charge is 0.353 e. The van der Waals surface area contributed by atoms with Crippen molar-refractivity contribution in [1.29, 1.82) is 0 Å². The number of aryl methyl sites for hydroxylation is 1. The molecule has 5 heteroatoms. The van der Waals surface area contributed by atoms with Crippen molar-refractivity contribution in [2.75, 3.05) is 0 Å². The normalized spacial score (nSPS) is 30.6. The molecule has 3 fully saturated rings. The van der Waals surface area contributed by atoms with Gasteiger partial charge in [0.15, 0.2) is 0 Å². The highest BCUT2D eigenvalue weighted by Crippen LogP contribution is 2.58. The van der Waals surface area contributed by atoms with Gasteiger partial charge in [-0.05, 0) is 75.3 Å². The number of halogens is 1. The maximum Gasteiger partial charge on any atom is 0.224 e. The number of carbonyl (C=O) groups is 1. The van der Waals surface area contributed by atoms with Crippen LogP contribution in [0, 0.1) is 43.3 Å². The molecule has 2 aromatic rings. The summed E-state index contributed by atoms with van der Waals surface area (Å²) in [4.78, 5) is 12.8. The van der Waals surface area contributed by atoms with E-state index in [4.69, 9.17) is 0 Å². The highest BCUT2D eigenvalue weighted by molar-refractivity contribution is 5.79. The molecule has 0 radical (unpaired) electrons. The minimum Gasteiger partial charge on any atom is -0.353 e. The van der Waals surface area contributed by atoms with E-state index in [9.17, 15) is 9.18 Å². The molecule has 148 valence electrons. The predicted octanol–water partition coefficient (Wildman–Crippen LogP) is 4.11. The van der Waals surface area contributed by atoms with Gasteiger partial charge in [-0.1, -0.05) is 18.6 Å². The Morgan fingerprint density at radius 3 is 2.79 bits per heavy atom. The molecule has 3 aliphatic carbocycles. The van der Waals surface area contributed by atoms with Gasteiger partial charge in [0.1, 0.15) is 11.5 Å². The van der Waals surface area contributed by atoms with Gasteiger partial charge < -0.3 is 5.32 Å². The van der Waals surface area contributed by atoms with E-state index >= 15 is 0 Å². The van der Waals surface area contributed by atoms with E-state index in [1.807, 2.05) is 13.8 Å². The zero-order chi connectivity index (χ0) is 19.4. The number of rotatable bonds is 4. The molecule has 3 aliphatic rings. The van der Waals surface area contributed by atoms with Gasteiger partial charge in [0.05, 0.1) is 12.1 Å². The molecule has 28 heavy (non-hydrogen) atoms. The lowest BCUT2D eigenvalue weighted by Crippen LogP contribution is -2.43. The summed E-state index contributed by atoms with van der Waals surface area (Å²) in [6.45, 7) is 3.81. The minimum atomic E-state index is -0.308. The topological polar surface area (TPSA) is 46.9 Å². The average molecular weight is 381 g/mol. The average Bonchev–Trinajstić information content (AvgIpc) is 3.41. The molecular weight excluding hydrogens is 353 g/mol. The number of aromatic nitrogens is 2. The van der Waals surface area contributed by atoms with Gasteiger partial charge in [-0.25, -0.2) is 9.07 Å². The molecule has 1 heterocycles. The molecule has 1 aromatic carbocycles. The Morgan fingerprint density at radius 2 is 1.96 bits per heavy atom. The Morgan fingerprint density at radius 1 is 1.18 bits per heavy atom. The van der Waals surface area contributed by atoms with Gasteiger partial charge in [0, 0.05) is 17.3 Å². The van der Waals surface area contributed by atoms with Crippen LogP contribution in [0.5, 0.6) is 0 Å². The molecule has 0 spiro atoms. The van der Waals surface area contributed by atoms with Gasteiger partial charge in [-0.2, -0.15) is 5.10 Å². The fourth-order valence-corrected chi connectivity index (χ4v) is 6.44. The predicted molar refractivity (Wildman–Crippen MR) is 106 cm³/mol. The fraction of sp³-hybridized carbons (Fsp3) is 0.565. The van der Waals surface area contributed by atoms with Crippen LogP contribution in [-0.4, -0.2) is 21.7 Å². The van der Waals surface area contributed by atoms with Crippen molar-refractivity contribution in [1.82, 2.24) is 15.1 Å². The van der Waals surface area contributed by atoms with E-state index in [1.165, 1.54) is 31.7 Å². The Hall–Kier alpha value is -2.17. The zero-order valence-electron chi connectivity index (χ0n) is 16.6. The molecule has 5 rings (SSSR count). The molecule has 0 unspecified atom stereocenters. The van der Waals surface area contributed by atoms with Crippen molar-refractivity contribution in [3.8, 4) is 5.69 Å². The number of nitrogens with one attached hydrogen (secondary N) is 1. The SMILES string of the molecule is Cc1nn(-c2ccccc2F)c(C)c1CC(=O)N[C@@H]1C[C@H]2C[C@@H]1[C@@H]1CCC[C@@H]21. The monoisotopic (exact) mass is 381 g/mol. The van der Waals surface area contributed by atoms with Gasteiger partial charge in [-0.3, -0.25) is 4.79 Å². The lowest BCUT2D eigenvalue weighted by Gasteiger charge is -2.32. The summed E-state index contributed by atoms with van der Waals surface area (Å²) < 4.78 is 15.8. The first-order chi connectivity index (χ1) is 13.5. The van der Waals surface area contributed by atoms with E-state index in [-0.39, 0.29) is 11.7 Å². The molecule has 1 amide bonds. The van der Waals surface area contributed by atoms with Crippen LogP contribution in [0.2, 0.25) is 0 Å².